The van der Waals surface area contributed by atoms with Crippen molar-refractivity contribution >= 4 is 23.0 Å². The van der Waals surface area contributed by atoms with Gasteiger partial charge in [0, 0.05) is 38.3 Å². The highest BCUT2D eigenvalue weighted by Crippen LogP contribution is 2.29. The minimum Gasteiger partial charge on any atom is -0.480 e. The van der Waals surface area contributed by atoms with Gasteiger partial charge in [-0.05, 0) is 26.1 Å². The van der Waals surface area contributed by atoms with Crippen molar-refractivity contribution in [2.24, 2.45) is 7.05 Å². The molecule has 0 radical (unpaired) electrons. The van der Waals surface area contributed by atoms with E-state index < -0.39 is 18.1 Å². The Kier molecular flexibility index (Phi) is 6.13. The van der Waals surface area contributed by atoms with Gasteiger partial charge >= 0.3 is 0 Å². The quantitative estimate of drug-likeness (QED) is 0.494. The van der Waals surface area contributed by atoms with Gasteiger partial charge in [0.15, 0.2) is 5.65 Å². The second-order valence-corrected chi connectivity index (χ2v) is 9.26. The van der Waals surface area contributed by atoms with E-state index in [2.05, 4.69) is 38.9 Å². The third-order valence-electron chi connectivity index (χ3n) is 6.73. The number of nitrogens with zero attached hydrogens (tertiary/aromatic N) is 8. The van der Waals surface area contributed by atoms with Crippen LogP contribution in [0.2, 0.25) is 0 Å². The Labute approximate surface area is 202 Å². The van der Waals surface area contributed by atoms with Crippen molar-refractivity contribution in [1.82, 2.24) is 39.5 Å². The fourth-order valence-corrected chi connectivity index (χ4v) is 4.82. The van der Waals surface area contributed by atoms with Crippen molar-refractivity contribution in [3.8, 4) is 5.88 Å². The summed E-state index contributed by atoms with van der Waals surface area (Å²) in [6.45, 7) is 5.76. The third-order valence-corrected chi connectivity index (χ3v) is 6.73. The summed E-state index contributed by atoms with van der Waals surface area (Å²) >= 11 is 0. The first kappa shape index (κ1) is 23.2. The summed E-state index contributed by atoms with van der Waals surface area (Å²) in [6, 6.07) is -0.357. The molecule has 2 saturated heterocycles. The maximum Gasteiger partial charge on any atom is 0.243 e. The van der Waals surface area contributed by atoms with Crippen LogP contribution >= 0.6 is 0 Å². The van der Waals surface area contributed by atoms with Gasteiger partial charge in [-0.15, -0.1) is 5.10 Å². The van der Waals surface area contributed by atoms with Gasteiger partial charge in [0.25, 0.3) is 0 Å². The average molecular weight is 484 g/mol. The van der Waals surface area contributed by atoms with Crippen molar-refractivity contribution in [1.29, 1.82) is 0 Å². The Morgan fingerprint density at radius 2 is 2.14 bits per heavy atom. The van der Waals surface area contributed by atoms with Crippen molar-refractivity contribution < 1.29 is 13.9 Å². The first-order valence-corrected chi connectivity index (χ1v) is 11.7. The first-order valence-electron chi connectivity index (χ1n) is 11.7. The molecular formula is C23H30FN9O2. The maximum atomic E-state index is 14.7. The Hall–Kier alpha value is -3.54. The molecule has 0 saturated carbocycles. The van der Waals surface area contributed by atoms with E-state index >= 15 is 0 Å². The number of nitrogens with one attached hydrogen (secondary N) is 1. The molecule has 1 unspecified atom stereocenters. The molecule has 5 heterocycles. The van der Waals surface area contributed by atoms with Crippen LogP contribution in [0.15, 0.2) is 25.2 Å². The number of amides is 1. The summed E-state index contributed by atoms with van der Waals surface area (Å²) in [7, 11) is 5.58. The fraction of sp³-hybridized carbons (Fsp3) is 0.522. The van der Waals surface area contributed by atoms with Crippen LogP contribution in [0.25, 0.3) is 11.2 Å². The standard InChI is InChI=1S/C23H30FN9O2/c1-5-19(34)26-18-12-32(11-16(18)24)23-27-17(20-21(28-23)31(3)13-25-20)8-14-9-33(29-22(14)35-4)15-6-7-30(2)10-15/h5,9,13,15-16,18H,1,6-8,10-12H2,2-4H3,(H,26,34)/t15?,16-,18-/m1/s1. The number of aromatic nitrogens is 6. The zero-order valence-corrected chi connectivity index (χ0v) is 20.2. The number of anilines is 1. The van der Waals surface area contributed by atoms with Crippen LogP contribution in [0.1, 0.15) is 23.7 Å². The number of imidazole rings is 1. The fourth-order valence-electron chi connectivity index (χ4n) is 4.82. The zero-order valence-electron chi connectivity index (χ0n) is 20.2. The Morgan fingerprint density at radius 1 is 1.31 bits per heavy atom. The molecular weight excluding hydrogens is 453 g/mol. The number of hydrogen-bond acceptors (Lipinski definition) is 8. The molecule has 0 aliphatic carbocycles. The van der Waals surface area contributed by atoms with Crippen molar-refractivity contribution in [3.05, 3.63) is 36.4 Å². The highest BCUT2D eigenvalue weighted by atomic mass is 19.1. The predicted molar refractivity (Wildman–Crippen MR) is 128 cm³/mol. The smallest absolute Gasteiger partial charge is 0.243 e. The average Bonchev–Trinajstić information content (AvgIpc) is 3.62. The van der Waals surface area contributed by atoms with Gasteiger partial charge in [0.2, 0.25) is 17.7 Å². The topological polar surface area (TPSA) is 106 Å². The Morgan fingerprint density at radius 3 is 2.86 bits per heavy atom. The van der Waals surface area contributed by atoms with E-state index in [9.17, 15) is 9.18 Å². The number of methoxy groups -OCH3 is 1. The van der Waals surface area contributed by atoms with Crippen LogP contribution in [0.3, 0.4) is 0 Å². The molecule has 12 heteroatoms. The molecule has 3 aromatic heterocycles. The van der Waals surface area contributed by atoms with Crippen molar-refractivity contribution in [3.63, 3.8) is 0 Å². The van der Waals surface area contributed by atoms with E-state index in [1.165, 1.54) is 0 Å². The molecule has 5 rings (SSSR count). The lowest BCUT2D eigenvalue weighted by atomic mass is 10.1. The van der Waals surface area contributed by atoms with Gasteiger partial charge in [-0.1, -0.05) is 6.58 Å². The number of alkyl halides is 1. The van der Waals surface area contributed by atoms with Crippen LogP contribution in [-0.4, -0.2) is 92.7 Å². The minimum atomic E-state index is -1.24. The SMILES string of the molecule is C=CC(=O)N[C@@H]1CN(c2nc(Cc3cn(C4CCN(C)C4)nc3OC)c3ncn(C)c3n2)C[C@H]1F. The third kappa shape index (κ3) is 4.45. The molecule has 2 aliphatic heterocycles. The number of ether oxygens (including phenoxy) is 1. The van der Waals surface area contributed by atoms with E-state index in [0.717, 1.165) is 31.1 Å². The van der Waals surface area contributed by atoms with E-state index in [4.69, 9.17) is 9.72 Å². The second kappa shape index (κ2) is 9.25. The lowest BCUT2D eigenvalue weighted by Crippen LogP contribution is -2.40. The van der Waals surface area contributed by atoms with Gasteiger partial charge in [0.1, 0.15) is 11.7 Å². The highest BCUT2D eigenvalue weighted by Gasteiger charge is 2.35. The predicted octanol–water partition coefficient (Wildman–Crippen LogP) is 0.865. The summed E-state index contributed by atoms with van der Waals surface area (Å²) in [5.41, 5.74) is 2.95. The monoisotopic (exact) mass is 483 g/mol. The number of hydrogen-bond donors (Lipinski definition) is 1. The van der Waals surface area contributed by atoms with Crippen LogP contribution in [0, 0.1) is 0 Å². The van der Waals surface area contributed by atoms with Gasteiger partial charge in [-0.2, -0.15) is 4.98 Å². The molecule has 0 spiro atoms. The van der Waals surface area contributed by atoms with Crippen LogP contribution in [0.4, 0.5) is 10.3 Å². The molecule has 2 fully saturated rings. The zero-order chi connectivity index (χ0) is 24.7. The molecule has 11 nitrogen and oxygen atoms in total. The number of likely N-dealkylation sites (N-methyl/N-ethyl adjacent to an activating group) is 1. The summed E-state index contributed by atoms with van der Waals surface area (Å²) in [5, 5.41) is 7.32. The Bertz CT molecular complexity index is 1260. The highest BCUT2D eigenvalue weighted by molar-refractivity contribution is 5.87. The van der Waals surface area contributed by atoms with Crippen LogP contribution < -0.4 is 15.0 Å². The molecule has 1 amide bonds. The van der Waals surface area contributed by atoms with Crippen LogP contribution in [-0.2, 0) is 18.3 Å². The summed E-state index contributed by atoms with van der Waals surface area (Å²) in [6.07, 6.45) is 5.09. The number of rotatable bonds is 7. The van der Waals surface area contributed by atoms with Gasteiger partial charge < -0.3 is 24.4 Å². The lowest BCUT2D eigenvalue weighted by molar-refractivity contribution is -0.117. The number of halogens is 1. The van der Waals surface area contributed by atoms with Crippen molar-refractivity contribution in [2.75, 3.05) is 45.2 Å². The largest absolute Gasteiger partial charge is 0.480 e. The molecule has 3 aromatic rings. The van der Waals surface area contributed by atoms with Crippen molar-refractivity contribution in [2.45, 2.75) is 31.1 Å². The molecule has 2 aliphatic rings. The summed E-state index contributed by atoms with van der Waals surface area (Å²) < 4.78 is 24.1. The number of fused-ring (bicyclic) bond motifs is 1. The molecule has 3 atom stereocenters. The number of carbonyl (C=O) groups is 1. The Balaban J connectivity index is 1.46. The van der Waals surface area contributed by atoms with E-state index in [1.54, 1.807) is 18.3 Å². The minimum absolute atomic E-state index is 0.0847. The summed E-state index contributed by atoms with van der Waals surface area (Å²) in [4.78, 5) is 29.7. The molecule has 35 heavy (non-hydrogen) atoms. The maximum absolute atomic E-state index is 14.7. The lowest BCUT2D eigenvalue weighted by Gasteiger charge is -2.17. The molecule has 186 valence electrons. The first-order chi connectivity index (χ1) is 16.9. The summed E-state index contributed by atoms with van der Waals surface area (Å²) in [5.74, 6) is 0.555. The molecule has 0 bridgehead atoms. The number of aryl methyl sites for hydroxylation is 1. The van der Waals surface area contributed by atoms with Gasteiger partial charge in [0.05, 0.1) is 37.8 Å². The van der Waals surface area contributed by atoms with E-state index in [1.807, 2.05) is 22.5 Å². The molecule has 1 N–H and O–H groups in total. The van der Waals surface area contributed by atoms with Gasteiger partial charge in [-0.25, -0.2) is 14.4 Å². The molecule has 0 aromatic carbocycles. The normalized spacial score (nSPS) is 22.7. The van der Waals surface area contributed by atoms with E-state index in [0.29, 0.717) is 41.1 Å². The van der Waals surface area contributed by atoms with Gasteiger partial charge in [-0.3, -0.25) is 9.48 Å². The number of carbonyl (C=O) groups excluding carboxylic acids is 1. The number of likely N-dealkylation sites (tertiary alicyclic amines) is 1. The van der Waals surface area contributed by atoms with Crippen LogP contribution in [0.5, 0.6) is 5.88 Å². The second-order valence-electron chi connectivity index (χ2n) is 9.26. The van der Waals surface area contributed by atoms with E-state index in [-0.39, 0.29) is 13.1 Å².